The second-order valence-corrected chi connectivity index (χ2v) is 6.54. The normalized spacial score (nSPS) is 16.1. The molecule has 2 aliphatic rings. The Kier molecular flexibility index (Phi) is 3.56. The zero-order chi connectivity index (χ0) is 18.4. The molecule has 2 aromatic carbocycles. The second kappa shape index (κ2) is 6.08. The third kappa shape index (κ3) is 2.79. The minimum atomic E-state index is -0.457. The highest BCUT2D eigenvalue weighted by Gasteiger charge is 2.24. The van der Waals surface area contributed by atoms with Crippen molar-refractivity contribution in [3.63, 3.8) is 0 Å². The molecular weight excluding hydrogens is 350 g/mol. The summed E-state index contributed by atoms with van der Waals surface area (Å²) in [4.78, 5) is 30.7. The van der Waals surface area contributed by atoms with Crippen LogP contribution in [0.1, 0.15) is 10.4 Å². The summed E-state index contributed by atoms with van der Waals surface area (Å²) in [5, 5.41) is 0. The second-order valence-electron chi connectivity index (χ2n) is 6.54. The average molecular weight is 367 g/mol. The lowest BCUT2D eigenvalue weighted by molar-refractivity contribution is 0.0746. The summed E-state index contributed by atoms with van der Waals surface area (Å²) < 4.78 is 15.8. The largest absolute Gasteiger partial charge is 0.454 e. The van der Waals surface area contributed by atoms with Gasteiger partial charge in [0.05, 0.1) is 5.52 Å². The first-order chi connectivity index (χ1) is 13.2. The number of nitrogens with zero attached hydrogens (tertiary/aromatic N) is 2. The Morgan fingerprint density at radius 2 is 1.78 bits per heavy atom. The van der Waals surface area contributed by atoms with Gasteiger partial charge in [-0.1, -0.05) is 0 Å². The zero-order valence-corrected chi connectivity index (χ0v) is 14.4. The zero-order valence-electron chi connectivity index (χ0n) is 14.4. The van der Waals surface area contributed by atoms with Crippen molar-refractivity contribution in [3.8, 4) is 11.5 Å². The number of aromatic nitrogens is 1. The third-order valence-electron chi connectivity index (χ3n) is 4.96. The molecule has 27 heavy (non-hydrogen) atoms. The Balaban J connectivity index is 1.29. The summed E-state index contributed by atoms with van der Waals surface area (Å²) in [5.41, 5.74) is 2.79. The van der Waals surface area contributed by atoms with E-state index in [-0.39, 0.29) is 12.7 Å². The van der Waals surface area contributed by atoms with E-state index in [4.69, 9.17) is 13.9 Å². The fraction of sp³-hybridized carbons (Fsp3) is 0.263. The number of rotatable bonds is 2. The Hall–Kier alpha value is -3.42. The molecule has 1 fully saturated rings. The molecule has 3 aromatic rings. The van der Waals surface area contributed by atoms with Crippen molar-refractivity contribution in [1.82, 2.24) is 9.88 Å². The van der Waals surface area contributed by atoms with Crippen LogP contribution in [0.3, 0.4) is 0 Å². The number of hydrogen-bond donors (Lipinski definition) is 1. The molecule has 0 aliphatic carbocycles. The first-order valence-electron chi connectivity index (χ1n) is 8.74. The summed E-state index contributed by atoms with van der Waals surface area (Å²) in [7, 11) is 0. The Labute approximate surface area is 153 Å². The highest BCUT2D eigenvalue weighted by molar-refractivity contribution is 5.95. The lowest BCUT2D eigenvalue weighted by Gasteiger charge is -2.36. The van der Waals surface area contributed by atoms with Crippen LogP contribution in [0.15, 0.2) is 45.6 Å². The molecule has 1 saturated heterocycles. The Morgan fingerprint density at radius 3 is 2.63 bits per heavy atom. The van der Waals surface area contributed by atoms with Crippen LogP contribution in [0.2, 0.25) is 0 Å². The molecule has 0 bridgehead atoms. The fourth-order valence-corrected chi connectivity index (χ4v) is 3.51. The molecule has 8 heteroatoms. The lowest BCUT2D eigenvalue weighted by atomic mass is 10.1. The number of carbonyl (C=O) groups excluding carboxylic acids is 1. The molecule has 1 N–H and O–H groups in total. The van der Waals surface area contributed by atoms with Gasteiger partial charge in [0.2, 0.25) is 6.79 Å². The number of aromatic amines is 1. The van der Waals surface area contributed by atoms with Crippen LogP contribution in [0, 0.1) is 0 Å². The molecule has 2 aliphatic heterocycles. The van der Waals surface area contributed by atoms with E-state index in [1.165, 1.54) is 0 Å². The number of fused-ring (bicyclic) bond motifs is 2. The monoisotopic (exact) mass is 367 g/mol. The van der Waals surface area contributed by atoms with E-state index in [0.29, 0.717) is 54.3 Å². The number of amides is 1. The first kappa shape index (κ1) is 15.8. The predicted octanol–water partition coefficient (Wildman–Crippen LogP) is 1.81. The molecular formula is C19H17N3O5. The summed E-state index contributed by atoms with van der Waals surface area (Å²) in [6.07, 6.45) is 0. The lowest BCUT2D eigenvalue weighted by Crippen LogP contribution is -2.48. The highest BCUT2D eigenvalue weighted by Crippen LogP contribution is 2.33. The van der Waals surface area contributed by atoms with E-state index in [0.717, 1.165) is 5.69 Å². The Morgan fingerprint density at radius 1 is 0.963 bits per heavy atom. The number of carbonyl (C=O) groups is 1. The summed E-state index contributed by atoms with van der Waals surface area (Å²) in [6, 6.07) is 10.9. The number of hydrogen-bond acceptors (Lipinski definition) is 6. The molecule has 3 heterocycles. The van der Waals surface area contributed by atoms with Crippen molar-refractivity contribution in [2.24, 2.45) is 0 Å². The summed E-state index contributed by atoms with van der Waals surface area (Å²) in [6.45, 7) is 2.83. The summed E-state index contributed by atoms with van der Waals surface area (Å²) in [5.74, 6) is 0.810. The minimum absolute atomic E-state index is 0.0139. The van der Waals surface area contributed by atoms with E-state index in [2.05, 4.69) is 9.88 Å². The van der Waals surface area contributed by atoms with Crippen LogP contribution in [-0.2, 0) is 0 Å². The fourth-order valence-electron chi connectivity index (χ4n) is 3.51. The SMILES string of the molecule is O=C(c1ccc2c(c1)OCO2)N1CCN(c2ccc3[nH]c(=O)oc3c2)CC1. The molecule has 138 valence electrons. The first-order valence-corrected chi connectivity index (χ1v) is 8.74. The minimum Gasteiger partial charge on any atom is -0.454 e. The molecule has 0 saturated carbocycles. The topological polar surface area (TPSA) is 88.0 Å². The predicted molar refractivity (Wildman–Crippen MR) is 97.5 cm³/mol. The van der Waals surface area contributed by atoms with Crippen LogP contribution < -0.4 is 20.1 Å². The van der Waals surface area contributed by atoms with Crippen LogP contribution >= 0.6 is 0 Å². The van der Waals surface area contributed by atoms with Gasteiger partial charge in [0.1, 0.15) is 0 Å². The molecule has 1 amide bonds. The van der Waals surface area contributed by atoms with E-state index in [9.17, 15) is 9.59 Å². The van der Waals surface area contributed by atoms with Gasteiger partial charge in [-0.15, -0.1) is 0 Å². The highest BCUT2D eigenvalue weighted by atomic mass is 16.7. The molecule has 1 aromatic heterocycles. The average Bonchev–Trinajstić information content (AvgIpc) is 3.31. The van der Waals surface area contributed by atoms with Gasteiger partial charge in [0.25, 0.3) is 5.91 Å². The maximum Gasteiger partial charge on any atom is 0.417 e. The standard InChI is InChI=1S/C19H17N3O5/c23-18(12-1-4-15-17(9-12)26-11-25-15)22-7-5-21(6-8-22)13-2-3-14-16(10-13)27-19(24)20-14/h1-4,9-10H,5-8,11H2,(H,20,24). The van der Waals surface area contributed by atoms with Crippen LogP contribution in [0.25, 0.3) is 11.1 Å². The van der Waals surface area contributed by atoms with Crippen molar-refractivity contribution in [1.29, 1.82) is 0 Å². The van der Waals surface area contributed by atoms with Gasteiger partial charge in [0.15, 0.2) is 17.1 Å². The molecule has 0 unspecified atom stereocenters. The quantitative estimate of drug-likeness (QED) is 0.743. The van der Waals surface area contributed by atoms with Crippen molar-refractivity contribution in [2.75, 3.05) is 37.9 Å². The van der Waals surface area contributed by atoms with Crippen molar-refractivity contribution in [3.05, 3.63) is 52.5 Å². The number of H-pyrrole nitrogens is 1. The number of ether oxygens (including phenoxy) is 2. The van der Waals surface area contributed by atoms with E-state index < -0.39 is 5.76 Å². The van der Waals surface area contributed by atoms with E-state index in [1.807, 2.05) is 23.1 Å². The van der Waals surface area contributed by atoms with Crippen molar-refractivity contribution >= 4 is 22.7 Å². The maximum atomic E-state index is 12.8. The van der Waals surface area contributed by atoms with Gasteiger partial charge in [-0.2, -0.15) is 0 Å². The van der Waals surface area contributed by atoms with Crippen LogP contribution in [0.5, 0.6) is 11.5 Å². The van der Waals surface area contributed by atoms with Crippen molar-refractivity contribution in [2.45, 2.75) is 0 Å². The van der Waals surface area contributed by atoms with Gasteiger partial charge in [-0.25, -0.2) is 4.79 Å². The van der Waals surface area contributed by atoms with Gasteiger partial charge in [-0.3, -0.25) is 9.78 Å². The van der Waals surface area contributed by atoms with Gasteiger partial charge < -0.3 is 23.7 Å². The number of piperazine rings is 1. The van der Waals surface area contributed by atoms with E-state index >= 15 is 0 Å². The van der Waals surface area contributed by atoms with Gasteiger partial charge in [0, 0.05) is 43.5 Å². The molecule has 0 spiro atoms. The van der Waals surface area contributed by atoms with Gasteiger partial charge >= 0.3 is 5.76 Å². The number of oxazole rings is 1. The number of nitrogens with one attached hydrogen (secondary N) is 1. The Bertz CT molecular complexity index is 1080. The molecule has 5 rings (SSSR count). The molecule has 0 atom stereocenters. The molecule has 0 radical (unpaired) electrons. The number of anilines is 1. The smallest absolute Gasteiger partial charge is 0.417 e. The van der Waals surface area contributed by atoms with Crippen molar-refractivity contribution < 1.29 is 18.7 Å². The van der Waals surface area contributed by atoms with E-state index in [1.54, 1.807) is 18.2 Å². The number of benzene rings is 2. The summed E-state index contributed by atoms with van der Waals surface area (Å²) >= 11 is 0. The maximum absolute atomic E-state index is 12.8. The van der Waals surface area contributed by atoms with Crippen LogP contribution in [-0.4, -0.2) is 48.8 Å². The van der Waals surface area contributed by atoms with Crippen LogP contribution in [0.4, 0.5) is 5.69 Å². The van der Waals surface area contributed by atoms with Gasteiger partial charge in [-0.05, 0) is 30.3 Å². The molecule has 8 nitrogen and oxygen atoms in total. The third-order valence-corrected chi connectivity index (χ3v) is 4.96.